The van der Waals surface area contributed by atoms with Crippen LogP contribution < -0.4 is 14.2 Å². The third-order valence-corrected chi connectivity index (χ3v) is 6.18. The second-order valence-electron chi connectivity index (χ2n) is 8.39. The maximum absolute atomic E-state index is 13.2. The van der Waals surface area contributed by atoms with E-state index in [2.05, 4.69) is 0 Å². The SMILES string of the molecule is COCCN1C(=O)C(=O)/C(=C(\O)c2ccc(OC)cc2OC)C1c1ccc(OCc2ccccc2)cc1. The lowest BCUT2D eigenvalue weighted by Gasteiger charge is -2.25. The first-order valence-corrected chi connectivity index (χ1v) is 11.7. The van der Waals surface area contributed by atoms with Gasteiger partial charge in [0.25, 0.3) is 11.7 Å². The summed E-state index contributed by atoms with van der Waals surface area (Å²) in [6, 6.07) is 20.9. The van der Waals surface area contributed by atoms with Gasteiger partial charge >= 0.3 is 0 Å². The Morgan fingerprint density at radius 3 is 2.24 bits per heavy atom. The average Bonchev–Trinajstić information content (AvgIpc) is 3.20. The zero-order valence-electron chi connectivity index (χ0n) is 21.0. The first-order valence-electron chi connectivity index (χ1n) is 11.7. The van der Waals surface area contributed by atoms with E-state index in [0.717, 1.165) is 5.56 Å². The number of hydrogen-bond acceptors (Lipinski definition) is 7. The molecule has 8 heteroatoms. The van der Waals surface area contributed by atoms with Gasteiger partial charge in [-0.3, -0.25) is 9.59 Å². The molecule has 1 N–H and O–H groups in total. The number of carbonyl (C=O) groups excluding carboxylic acids is 2. The molecule has 0 saturated carbocycles. The molecule has 0 spiro atoms. The molecular weight excluding hydrogens is 474 g/mol. The van der Waals surface area contributed by atoms with Crippen LogP contribution in [0.3, 0.4) is 0 Å². The first-order chi connectivity index (χ1) is 18.0. The van der Waals surface area contributed by atoms with Crippen molar-refractivity contribution in [3.8, 4) is 17.2 Å². The lowest BCUT2D eigenvalue weighted by atomic mass is 9.95. The predicted octanol–water partition coefficient (Wildman–Crippen LogP) is 4.35. The van der Waals surface area contributed by atoms with E-state index < -0.39 is 17.7 Å². The van der Waals surface area contributed by atoms with Crippen LogP contribution in [0.5, 0.6) is 17.2 Å². The molecule has 0 radical (unpaired) electrons. The fraction of sp³-hybridized carbons (Fsp3) is 0.241. The van der Waals surface area contributed by atoms with Crippen molar-refractivity contribution < 1.29 is 33.6 Å². The van der Waals surface area contributed by atoms with Crippen molar-refractivity contribution in [2.45, 2.75) is 12.6 Å². The number of benzene rings is 3. The number of amides is 1. The van der Waals surface area contributed by atoms with Crippen molar-refractivity contribution in [1.29, 1.82) is 0 Å². The van der Waals surface area contributed by atoms with Crippen LogP contribution >= 0.6 is 0 Å². The topological polar surface area (TPSA) is 94.5 Å². The third-order valence-electron chi connectivity index (χ3n) is 6.18. The van der Waals surface area contributed by atoms with Crippen molar-refractivity contribution >= 4 is 17.4 Å². The van der Waals surface area contributed by atoms with Gasteiger partial charge in [0, 0.05) is 19.7 Å². The summed E-state index contributed by atoms with van der Waals surface area (Å²) < 4.78 is 21.7. The number of aliphatic hydroxyl groups excluding tert-OH is 1. The number of ketones is 1. The number of methoxy groups -OCH3 is 3. The van der Waals surface area contributed by atoms with Crippen molar-refractivity contribution in [2.24, 2.45) is 0 Å². The highest BCUT2D eigenvalue weighted by Gasteiger charge is 2.46. The Hall–Kier alpha value is -4.30. The standard InChI is InChI=1S/C29H29NO7/c1-34-16-15-30-26(20-9-11-21(12-10-20)37-18-19-7-5-4-6-8-19)25(28(32)29(30)33)27(31)23-14-13-22(35-2)17-24(23)36-3/h4-14,17,26,31H,15-16,18H2,1-3H3/b27-25-. The molecule has 3 aromatic carbocycles. The Bertz CT molecular complexity index is 1290. The predicted molar refractivity (Wildman–Crippen MR) is 138 cm³/mol. The van der Waals surface area contributed by atoms with E-state index in [4.69, 9.17) is 18.9 Å². The Kier molecular flexibility index (Phi) is 8.10. The lowest BCUT2D eigenvalue weighted by molar-refractivity contribution is -0.140. The molecule has 1 aliphatic heterocycles. The molecule has 0 aliphatic carbocycles. The maximum Gasteiger partial charge on any atom is 0.295 e. The fourth-order valence-corrected chi connectivity index (χ4v) is 4.27. The van der Waals surface area contributed by atoms with E-state index in [1.807, 2.05) is 30.3 Å². The van der Waals surface area contributed by atoms with Crippen molar-refractivity contribution in [3.63, 3.8) is 0 Å². The smallest absolute Gasteiger partial charge is 0.295 e. The highest BCUT2D eigenvalue weighted by Crippen LogP contribution is 2.41. The molecular formula is C29H29NO7. The van der Waals surface area contributed by atoms with Gasteiger partial charge in [-0.15, -0.1) is 0 Å². The van der Waals surface area contributed by atoms with Gasteiger partial charge in [-0.2, -0.15) is 0 Å². The van der Waals surface area contributed by atoms with Crippen molar-refractivity contribution in [1.82, 2.24) is 4.90 Å². The van der Waals surface area contributed by atoms with Crippen LogP contribution in [-0.2, 0) is 20.9 Å². The van der Waals surface area contributed by atoms with Crippen molar-refractivity contribution in [2.75, 3.05) is 34.5 Å². The molecule has 1 saturated heterocycles. The molecule has 1 heterocycles. The minimum Gasteiger partial charge on any atom is -0.507 e. The van der Waals surface area contributed by atoms with Crippen LogP contribution in [0.2, 0.25) is 0 Å². The molecule has 1 unspecified atom stereocenters. The van der Waals surface area contributed by atoms with Gasteiger partial charge in [0.15, 0.2) is 0 Å². The van der Waals surface area contributed by atoms with E-state index >= 15 is 0 Å². The highest BCUT2D eigenvalue weighted by atomic mass is 16.5. The molecule has 4 rings (SSSR count). The first kappa shape index (κ1) is 25.8. The van der Waals surface area contributed by atoms with Crippen LogP contribution in [0.4, 0.5) is 0 Å². The van der Waals surface area contributed by atoms with E-state index in [1.165, 1.54) is 26.2 Å². The Morgan fingerprint density at radius 2 is 1.59 bits per heavy atom. The molecule has 1 aliphatic rings. The number of rotatable bonds is 10. The molecule has 8 nitrogen and oxygen atoms in total. The zero-order valence-corrected chi connectivity index (χ0v) is 21.0. The average molecular weight is 504 g/mol. The molecule has 1 amide bonds. The van der Waals surface area contributed by atoms with Crippen molar-refractivity contribution in [3.05, 3.63) is 95.1 Å². The number of carbonyl (C=O) groups is 2. The second-order valence-corrected chi connectivity index (χ2v) is 8.39. The van der Waals surface area contributed by atoms with Gasteiger partial charge in [0.05, 0.1) is 38.0 Å². The summed E-state index contributed by atoms with van der Waals surface area (Å²) in [4.78, 5) is 27.6. The molecule has 3 aromatic rings. The van der Waals surface area contributed by atoms with Gasteiger partial charge in [-0.1, -0.05) is 42.5 Å². The number of likely N-dealkylation sites (tertiary alicyclic amines) is 1. The van der Waals surface area contributed by atoms with Crippen LogP contribution in [0, 0.1) is 0 Å². The second kappa shape index (κ2) is 11.6. The number of Topliss-reactive ketones (excluding diaryl/α,β-unsaturated/α-hetero) is 1. The van der Waals surface area contributed by atoms with Gasteiger partial charge in [-0.05, 0) is 35.4 Å². The Balaban J connectivity index is 1.72. The summed E-state index contributed by atoms with van der Waals surface area (Å²) in [5.41, 5.74) is 1.94. The van der Waals surface area contributed by atoms with Crippen LogP contribution in [-0.4, -0.2) is 56.2 Å². The van der Waals surface area contributed by atoms with Crippen LogP contribution in [0.15, 0.2) is 78.4 Å². The summed E-state index contributed by atoms with van der Waals surface area (Å²) in [5.74, 6) is -0.341. The van der Waals surface area contributed by atoms with Gasteiger partial charge in [0.2, 0.25) is 0 Å². The fourth-order valence-electron chi connectivity index (χ4n) is 4.27. The summed E-state index contributed by atoms with van der Waals surface area (Å²) in [5, 5.41) is 11.3. The zero-order chi connectivity index (χ0) is 26.4. The molecule has 1 fully saturated rings. The van der Waals surface area contributed by atoms with E-state index in [9.17, 15) is 14.7 Å². The molecule has 192 valence electrons. The number of nitrogens with zero attached hydrogens (tertiary/aromatic N) is 1. The van der Waals surface area contributed by atoms with E-state index in [-0.39, 0.29) is 30.0 Å². The van der Waals surface area contributed by atoms with Crippen LogP contribution in [0.25, 0.3) is 5.76 Å². The maximum atomic E-state index is 13.2. The summed E-state index contributed by atoms with van der Waals surface area (Å²) in [7, 11) is 4.49. The molecule has 1 atom stereocenters. The van der Waals surface area contributed by atoms with Crippen LogP contribution in [0.1, 0.15) is 22.7 Å². The molecule has 0 aromatic heterocycles. The number of ether oxygens (including phenoxy) is 4. The molecule has 37 heavy (non-hydrogen) atoms. The van der Waals surface area contributed by atoms with E-state index in [0.29, 0.717) is 29.4 Å². The van der Waals surface area contributed by atoms with Gasteiger partial charge in [0.1, 0.15) is 29.6 Å². The lowest BCUT2D eigenvalue weighted by Crippen LogP contribution is -2.32. The monoisotopic (exact) mass is 503 g/mol. The number of hydrogen-bond donors (Lipinski definition) is 1. The number of aliphatic hydroxyl groups is 1. The minimum atomic E-state index is -0.815. The summed E-state index contributed by atoms with van der Waals surface area (Å²) >= 11 is 0. The largest absolute Gasteiger partial charge is 0.507 e. The van der Waals surface area contributed by atoms with E-state index in [1.54, 1.807) is 42.5 Å². The van der Waals surface area contributed by atoms with Gasteiger partial charge < -0.3 is 29.0 Å². The van der Waals surface area contributed by atoms with Gasteiger partial charge in [-0.25, -0.2) is 0 Å². The quantitative estimate of drug-likeness (QED) is 0.250. The third kappa shape index (κ3) is 5.44. The minimum absolute atomic E-state index is 0.0254. The highest BCUT2D eigenvalue weighted by molar-refractivity contribution is 6.46. The Labute approximate surface area is 215 Å². The summed E-state index contributed by atoms with van der Waals surface area (Å²) in [6.07, 6.45) is 0. The normalized spacial score (nSPS) is 16.6. The molecule has 0 bridgehead atoms. The summed E-state index contributed by atoms with van der Waals surface area (Å²) in [6.45, 7) is 0.811. The Morgan fingerprint density at radius 1 is 0.892 bits per heavy atom.